The topological polar surface area (TPSA) is 77.3 Å². The SMILES string of the molecule is CC1OCCC1Nc1ccnc2c([N+](=O)[O-])cccc12. The number of nitro groups is 1. The van der Waals surface area contributed by atoms with Gasteiger partial charge in [0.25, 0.3) is 5.69 Å². The Balaban J connectivity index is 2.03. The Hall–Kier alpha value is -2.21. The van der Waals surface area contributed by atoms with Crippen LogP contribution in [-0.2, 0) is 4.74 Å². The number of pyridine rings is 1. The van der Waals surface area contributed by atoms with Crippen molar-refractivity contribution in [3.05, 3.63) is 40.6 Å². The number of nitro benzene ring substituents is 1. The Kier molecular flexibility index (Phi) is 3.23. The van der Waals surface area contributed by atoms with E-state index in [9.17, 15) is 10.1 Å². The molecule has 1 aliphatic rings. The molecule has 2 unspecified atom stereocenters. The summed E-state index contributed by atoms with van der Waals surface area (Å²) in [6.07, 6.45) is 2.66. The van der Waals surface area contributed by atoms with Crippen LogP contribution in [0, 0.1) is 10.1 Å². The summed E-state index contributed by atoms with van der Waals surface area (Å²) < 4.78 is 5.53. The standard InChI is InChI=1S/C14H15N3O3/c1-9-11(6-8-20-9)16-12-5-7-15-14-10(12)3-2-4-13(14)17(18)19/h2-5,7,9,11H,6,8H2,1H3,(H,15,16). The van der Waals surface area contributed by atoms with Crippen LogP contribution in [0.5, 0.6) is 0 Å². The van der Waals surface area contributed by atoms with Gasteiger partial charge in [0.2, 0.25) is 0 Å². The lowest BCUT2D eigenvalue weighted by Gasteiger charge is -2.18. The first-order chi connectivity index (χ1) is 9.66. The first kappa shape index (κ1) is 12.8. The van der Waals surface area contributed by atoms with E-state index in [1.165, 1.54) is 6.07 Å². The van der Waals surface area contributed by atoms with Gasteiger partial charge in [0, 0.05) is 29.9 Å². The maximum atomic E-state index is 11.0. The molecule has 0 saturated carbocycles. The van der Waals surface area contributed by atoms with Crippen LogP contribution in [0.15, 0.2) is 30.5 Å². The molecule has 6 nitrogen and oxygen atoms in total. The Morgan fingerprint density at radius 2 is 2.30 bits per heavy atom. The van der Waals surface area contributed by atoms with E-state index in [0.29, 0.717) is 5.52 Å². The fourth-order valence-electron chi connectivity index (χ4n) is 2.55. The van der Waals surface area contributed by atoms with Crippen molar-refractivity contribution < 1.29 is 9.66 Å². The van der Waals surface area contributed by atoms with Crippen LogP contribution in [0.3, 0.4) is 0 Å². The minimum Gasteiger partial charge on any atom is -0.379 e. The van der Waals surface area contributed by atoms with E-state index in [4.69, 9.17) is 4.74 Å². The van der Waals surface area contributed by atoms with Gasteiger partial charge in [-0.1, -0.05) is 12.1 Å². The number of hydrogen-bond donors (Lipinski definition) is 1. The monoisotopic (exact) mass is 273 g/mol. The van der Waals surface area contributed by atoms with Crippen molar-refractivity contribution in [2.45, 2.75) is 25.5 Å². The minimum atomic E-state index is -0.402. The Morgan fingerprint density at radius 1 is 1.45 bits per heavy atom. The number of anilines is 1. The number of hydrogen-bond acceptors (Lipinski definition) is 5. The summed E-state index contributed by atoms with van der Waals surface area (Å²) in [5.41, 5.74) is 1.30. The minimum absolute atomic E-state index is 0.0295. The molecule has 20 heavy (non-hydrogen) atoms. The van der Waals surface area contributed by atoms with Gasteiger partial charge < -0.3 is 10.1 Å². The smallest absolute Gasteiger partial charge is 0.295 e. The Morgan fingerprint density at radius 3 is 3.00 bits per heavy atom. The van der Waals surface area contributed by atoms with Gasteiger partial charge in [-0.05, 0) is 19.4 Å². The van der Waals surface area contributed by atoms with Gasteiger partial charge in [-0.15, -0.1) is 0 Å². The van der Waals surface area contributed by atoms with Crippen LogP contribution in [0.1, 0.15) is 13.3 Å². The third-order valence-electron chi connectivity index (χ3n) is 3.66. The summed E-state index contributed by atoms with van der Waals surface area (Å²) in [6.45, 7) is 2.76. The van der Waals surface area contributed by atoms with Crippen molar-refractivity contribution in [2.75, 3.05) is 11.9 Å². The third-order valence-corrected chi connectivity index (χ3v) is 3.66. The number of benzene rings is 1. The molecule has 6 heteroatoms. The molecule has 1 aliphatic heterocycles. The number of fused-ring (bicyclic) bond motifs is 1. The highest BCUT2D eigenvalue weighted by molar-refractivity contribution is 5.96. The van der Waals surface area contributed by atoms with Crippen molar-refractivity contribution in [1.29, 1.82) is 0 Å². The van der Waals surface area contributed by atoms with Gasteiger partial charge in [-0.2, -0.15) is 0 Å². The molecule has 1 fully saturated rings. The summed E-state index contributed by atoms with van der Waals surface area (Å²) in [4.78, 5) is 14.8. The zero-order chi connectivity index (χ0) is 14.1. The lowest BCUT2D eigenvalue weighted by molar-refractivity contribution is -0.383. The molecule has 2 aromatic rings. The molecular weight excluding hydrogens is 258 g/mol. The van der Waals surface area contributed by atoms with Gasteiger partial charge >= 0.3 is 0 Å². The predicted molar refractivity (Wildman–Crippen MR) is 75.8 cm³/mol. The molecule has 0 radical (unpaired) electrons. The molecular formula is C14H15N3O3. The van der Waals surface area contributed by atoms with E-state index in [1.54, 1.807) is 12.3 Å². The zero-order valence-corrected chi connectivity index (χ0v) is 11.1. The maximum Gasteiger partial charge on any atom is 0.295 e. The molecule has 2 atom stereocenters. The number of nitrogens with zero attached hydrogens (tertiary/aromatic N) is 2. The number of rotatable bonds is 3. The predicted octanol–water partition coefficient (Wildman–Crippen LogP) is 2.73. The van der Waals surface area contributed by atoms with E-state index in [2.05, 4.69) is 10.3 Å². The molecule has 0 amide bonds. The summed E-state index contributed by atoms with van der Waals surface area (Å²) in [6, 6.07) is 7.07. The summed E-state index contributed by atoms with van der Waals surface area (Å²) in [5.74, 6) is 0. The second-order valence-electron chi connectivity index (χ2n) is 4.90. The molecule has 1 saturated heterocycles. The number of non-ortho nitro benzene ring substituents is 1. The quantitative estimate of drug-likeness (QED) is 0.687. The molecule has 1 aromatic carbocycles. The normalized spacial score (nSPS) is 22.1. The fraction of sp³-hybridized carbons (Fsp3) is 0.357. The average molecular weight is 273 g/mol. The highest BCUT2D eigenvalue weighted by Gasteiger charge is 2.25. The summed E-state index contributed by atoms with van der Waals surface area (Å²) in [7, 11) is 0. The van der Waals surface area contributed by atoms with Crippen LogP contribution >= 0.6 is 0 Å². The number of aromatic nitrogens is 1. The summed E-state index contributed by atoms with van der Waals surface area (Å²) >= 11 is 0. The van der Waals surface area contributed by atoms with E-state index in [0.717, 1.165) is 24.1 Å². The van der Waals surface area contributed by atoms with Crippen molar-refractivity contribution in [2.24, 2.45) is 0 Å². The zero-order valence-electron chi connectivity index (χ0n) is 11.1. The first-order valence-corrected chi connectivity index (χ1v) is 6.57. The van der Waals surface area contributed by atoms with Gasteiger partial charge in [-0.25, -0.2) is 4.98 Å². The number of ether oxygens (including phenoxy) is 1. The van der Waals surface area contributed by atoms with Gasteiger partial charge in [0.05, 0.1) is 17.1 Å². The van der Waals surface area contributed by atoms with E-state index in [1.807, 2.05) is 19.1 Å². The maximum absolute atomic E-state index is 11.0. The fourth-order valence-corrected chi connectivity index (χ4v) is 2.55. The lowest BCUT2D eigenvalue weighted by Crippen LogP contribution is -2.26. The van der Waals surface area contributed by atoms with Crippen LogP contribution in [0.2, 0.25) is 0 Å². The van der Waals surface area contributed by atoms with Crippen LogP contribution < -0.4 is 5.32 Å². The second kappa shape index (κ2) is 5.05. The molecule has 0 aliphatic carbocycles. The Labute approximate surface area is 115 Å². The average Bonchev–Trinajstić information content (AvgIpc) is 2.84. The van der Waals surface area contributed by atoms with Crippen LogP contribution in [0.25, 0.3) is 10.9 Å². The molecule has 0 spiro atoms. The largest absolute Gasteiger partial charge is 0.379 e. The summed E-state index contributed by atoms with van der Waals surface area (Å²) in [5, 5.41) is 15.2. The molecule has 104 valence electrons. The van der Waals surface area contributed by atoms with Crippen LogP contribution in [0.4, 0.5) is 11.4 Å². The first-order valence-electron chi connectivity index (χ1n) is 6.57. The number of nitrogens with one attached hydrogen (secondary N) is 1. The van der Waals surface area contributed by atoms with Gasteiger partial charge in [0.15, 0.2) is 0 Å². The third kappa shape index (κ3) is 2.18. The van der Waals surface area contributed by atoms with Crippen molar-refractivity contribution >= 4 is 22.3 Å². The van der Waals surface area contributed by atoms with E-state index in [-0.39, 0.29) is 17.8 Å². The van der Waals surface area contributed by atoms with Crippen LogP contribution in [-0.4, -0.2) is 28.7 Å². The van der Waals surface area contributed by atoms with Gasteiger partial charge in [0.1, 0.15) is 5.52 Å². The highest BCUT2D eigenvalue weighted by Crippen LogP contribution is 2.30. The Bertz CT molecular complexity index is 659. The molecule has 2 heterocycles. The highest BCUT2D eigenvalue weighted by atomic mass is 16.6. The lowest BCUT2D eigenvalue weighted by atomic mass is 10.1. The number of para-hydroxylation sites is 1. The molecule has 0 bridgehead atoms. The van der Waals surface area contributed by atoms with Gasteiger partial charge in [-0.3, -0.25) is 10.1 Å². The molecule has 1 aromatic heterocycles. The molecule has 1 N–H and O–H groups in total. The molecule has 3 rings (SSSR count). The second-order valence-corrected chi connectivity index (χ2v) is 4.90. The van der Waals surface area contributed by atoms with E-state index >= 15 is 0 Å². The van der Waals surface area contributed by atoms with Crippen molar-refractivity contribution in [1.82, 2.24) is 4.98 Å². The van der Waals surface area contributed by atoms with E-state index < -0.39 is 4.92 Å². The van der Waals surface area contributed by atoms with Crippen molar-refractivity contribution in [3.63, 3.8) is 0 Å². The van der Waals surface area contributed by atoms with Crippen molar-refractivity contribution in [3.8, 4) is 0 Å².